The van der Waals surface area contributed by atoms with Crippen LogP contribution in [-0.4, -0.2) is 18.3 Å². The van der Waals surface area contributed by atoms with E-state index in [4.69, 9.17) is 0 Å². The molecule has 1 atom stereocenters. The zero-order chi connectivity index (χ0) is 12.0. The van der Waals surface area contributed by atoms with E-state index in [1.54, 1.807) is 5.56 Å². The smallest absolute Gasteiger partial charge is 0.0260 e. The van der Waals surface area contributed by atoms with Crippen LogP contribution >= 0.6 is 11.8 Å². The molecule has 2 heteroatoms. The minimum atomic E-state index is 0.746. The maximum absolute atomic E-state index is 3.77. The molecule has 1 N–H and O–H groups in total. The van der Waals surface area contributed by atoms with Crippen LogP contribution in [0.4, 0.5) is 0 Å². The van der Waals surface area contributed by atoms with Crippen LogP contribution in [0.1, 0.15) is 31.2 Å². The molecule has 1 heterocycles. The topological polar surface area (TPSA) is 12.0 Å². The SMILES string of the molecule is c1ccc2c(c1)CC(CNCC1(C3CC3)CC1)S2. The highest BCUT2D eigenvalue weighted by Crippen LogP contribution is 2.60. The van der Waals surface area contributed by atoms with Gasteiger partial charge in [-0.05, 0) is 55.1 Å². The molecule has 4 rings (SSSR count). The average Bonchev–Trinajstić information content (AvgIpc) is 3.26. The quantitative estimate of drug-likeness (QED) is 0.869. The lowest BCUT2D eigenvalue weighted by atomic mass is 10.0. The first-order chi connectivity index (χ1) is 8.86. The summed E-state index contributed by atoms with van der Waals surface area (Å²) < 4.78 is 0. The van der Waals surface area contributed by atoms with Gasteiger partial charge in [-0.1, -0.05) is 18.2 Å². The molecule has 0 radical (unpaired) electrons. The molecule has 96 valence electrons. The Hall–Kier alpha value is -0.470. The Kier molecular flexibility index (Phi) is 2.70. The van der Waals surface area contributed by atoms with E-state index >= 15 is 0 Å². The fourth-order valence-corrected chi connectivity index (χ4v) is 4.72. The monoisotopic (exact) mass is 259 g/mol. The highest BCUT2D eigenvalue weighted by atomic mass is 32.2. The molecular formula is C16H21NS. The molecule has 1 aromatic carbocycles. The van der Waals surface area contributed by atoms with E-state index in [2.05, 4.69) is 41.3 Å². The first-order valence-electron chi connectivity index (χ1n) is 7.31. The lowest BCUT2D eigenvalue weighted by Gasteiger charge is -2.17. The van der Waals surface area contributed by atoms with Gasteiger partial charge in [0.05, 0.1) is 0 Å². The number of hydrogen-bond acceptors (Lipinski definition) is 2. The minimum absolute atomic E-state index is 0.746. The van der Waals surface area contributed by atoms with Crippen molar-refractivity contribution in [3.63, 3.8) is 0 Å². The second-order valence-corrected chi connectivity index (χ2v) is 7.66. The zero-order valence-corrected chi connectivity index (χ0v) is 11.6. The van der Waals surface area contributed by atoms with Crippen molar-refractivity contribution in [2.24, 2.45) is 11.3 Å². The van der Waals surface area contributed by atoms with Crippen LogP contribution < -0.4 is 5.32 Å². The van der Waals surface area contributed by atoms with Gasteiger partial charge in [0.15, 0.2) is 0 Å². The largest absolute Gasteiger partial charge is 0.315 e. The van der Waals surface area contributed by atoms with Crippen LogP contribution in [0.25, 0.3) is 0 Å². The minimum Gasteiger partial charge on any atom is -0.315 e. The first kappa shape index (κ1) is 11.4. The van der Waals surface area contributed by atoms with E-state index in [-0.39, 0.29) is 0 Å². The van der Waals surface area contributed by atoms with Crippen molar-refractivity contribution in [2.45, 2.75) is 42.2 Å². The molecular weight excluding hydrogens is 238 g/mol. The summed E-state index contributed by atoms with van der Waals surface area (Å²) in [5, 5.41) is 4.53. The normalized spacial score (nSPS) is 28.1. The fourth-order valence-electron chi connectivity index (χ4n) is 3.44. The molecule has 0 aromatic heterocycles. The molecule has 1 nitrogen and oxygen atoms in total. The van der Waals surface area contributed by atoms with Gasteiger partial charge in [0.2, 0.25) is 0 Å². The molecule has 0 bridgehead atoms. The summed E-state index contributed by atoms with van der Waals surface area (Å²) in [4.78, 5) is 1.51. The number of thioether (sulfide) groups is 1. The van der Waals surface area contributed by atoms with E-state index in [1.807, 2.05) is 0 Å². The van der Waals surface area contributed by atoms with Crippen molar-refractivity contribution in [1.29, 1.82) is 0 Å². The highest BCUT2D eigenvalue weighted by Gasteiger charge is 2.53. The summed E-state index contributed by atoms with van der Waals surface area (Å²) in [5.41, 5.74) is 2.30. The van der Waals surface area contributed by atoms with Crippen molar-refractivity contribution >= 4 is 11.8 Å². The van der Waals surface area contributed by atoms with Gasteiger partial charge in [0.25, 0.3) is 0 Å². The van der Waals surface area contributed by atoms with Gasteiger partial charge in [-0.3, -0.25) is 0 Å². The van der Waals surface area contributed by atoms with Gasteiger partial charge in [-0.15, -0.1) is 11.8 Å². The van der Waals surface area contributed by atoms with Gasteiger partial charge in [-0.25, -0.2) is 0 Å². The Labute approximate surface area is 114 Å². The molecule has 1 aromatic rings. The summed E-state index contributed by atoms with van der Waals surface area (Å²) in [6.07, 6.45) is 7.24. The maximum atomic E-state index is 3.77. The first-order valence-corrected chi connectivity index (χ1v) is 8.19. The van der Waals surface area contributed by atoms with Crippen LogP contribution in [0.2, 0.25) is 0 Å². The summed E-state index contributed by atoms with van der Waals surface area (Å²) in [7, 11) is 0. The average molecular weight is 259 g/mol. The van der Waals surface area contributed by atoms with Gasteiger partial charge in [0.1, 0.15) is 0 Å². The predicted molar refractivity (Wildman–Crippen MR) is 77.1 cm³/mol. The van der Waals surface area contributed by atoms with Gasteiger partial charge >= 0.3 is 0 Å². The van der Waals surface area contributed by atoms with Crippen LogP contribution in [0.5, 0.6) is 0 Å². The Balaban J connectivity index is 1.27. The number of nitrogens with one attached hydrogen (secondary N) is 1. The molecule has 1 aliphatic heterocycles. The highest BCUT2D eigenvalue weighted by molar-refractivity contribution is 8.00. The van der Waals surface area contributed by atoms with E-state index in [9.17, 15) is 0 Å². The summed E-state index contributed by atoms with van der Waals surface area (Å²) in [6.45, 7) is 2.47. The Morgan fingerprint density at radius 3 is 2.78 bits per heavy atom. The number of fused-ring (bicyclic) bond motifs is 1. The maximum Gasteiger partial charge on any atom is 0.0260 e. The van der Waals surface area contributed by atoms with Crippen molar-refractivity contribution < 1.29 is 0 Å². The third-order valence-corrected chi connectivity index (χ3v) is 6.22. The Morgan fingerprint density at radius 2 is 2.06 bits per heavy atom. The number of rotatable bonds is 5. The van der Waals surface area contributed by atoms with Gasteiger partial charge < -0.3 is 5.32 Å². The summed E-state index contributed by atoms with van der Waals surface area (Å²) in [6, 6.07) is 8.89. The number of benzene rings is 1. The molecule has 0 amide bonds. The molecule has 0 saturated heterocycles. The second kappa shape index (κ2) is 4.28. The van der Waals surface area contributed by atoms with Crippen LogP contribution in [0.3, 0.4) is 0 Å². The predicted octanol–water partition coefficient (Wildman–Crippen LogP) is 3.48. The lowest BCUT2D eigenvalue weighted by Crippen LogP contribution is -2.31. The van der Waals surface area contributed by atoms with E-state index in [0.29, 0.717) is 0 Å². The number of hydrogen-bond donors (Lipinski definition) is 1. The third kappa shape index (κ3) is 2.10. The van der Waals surface area contributed by atoms with Gasteiger partial charge in [-0.2, -0.15) is 0 Å². The van der Waals surface area contributed by atoms with Gasteiger partial charge in [0, 0.05) is 23.2 Å². The molecule has 3 aliphatic rings. The third-order valence-electron chi connectivity index (χ3n) is 4.90. The summed E-state index contributed by atoms with van der Waals surface area (Å²) >= 11 is 2.07. The van der Waals surface area contributed by atoms with E-state index < -0.39 is 0 Å². The molecule has 0 spiro atoms. The fraction of sp³-hybridized carbons (Fsp3) is 0.625. The second-order valence-electron chi connectivity index (χ2n) is 6.32. The van der Waals surface area contributed by atoms with Crippen molar-refractivity contribution in [3.8, 4) is 0 Å². The van der Waals surface area contributed by atoms with Crippen LogP contribution in [0, 0.1) is 11.3 Å². The van der Waals surface area contributed by atoms with Crippen molar-refractivity contribution in [1.82, 2.24) is 5.32 Å². The van der Waals surface area contributed by atoms with E-state index in [0.717, 1.165) is 16.6 Å². The van der Waals surface area contributed by atoms with Crippen molar-refractivity contribution in [3.05, 3.63) is 29.8 Å². The zero-order valence-electron chi connectivity index (χ0n) is 10.8. The van der Waals surface area contributed by atoms with Crippen molar-refractivity contribution in [2.75, 3.05) is 13.1 Å². The van der Waals surface area contributed by atoms with E-state index in [1.165, 1.54) is 50.1 Å². The summed E-state index contributed by atoms with van der Waals surface area (Å²) in [5.74, 6) is 1.08. The molecule has 18 heavy (non-hydrogen) atoms. The molecule has 1 unspecified atom stereocenters. The van der Waals surface area contributed by atoms with Crippen LogP contribution in [-0.2, 0) is 6.42 Å². The molecule has 2 aliphatic carbocycles. The molecule has 2 fully saturated rings. The van der Waals surface area contributed by atoms with Crippen LogP contribution in [0.15, 0.2) is 29.2 Å². The standard InChI is InChI=1S/C16H21NS/c1-2-4-15-12(3-1)9-14(18-15)10-17-11-16(7-8-16)13-5-6-13/h1-4,13-14,17H,5-11H2. The Bertz CT molecular complexity index is 423. The molecule has 2 saturated carbocycles. The Morgan fingerprint density at radius 1 is 1.22 bits per heavy atom. The lowest BCUT2D eigenvalue weighted by molar-refractivity contribution is 0.404.